The number of aryl methyl sites for hydroxylation is 1. The molecule has 0 fully saturated rings. The predicted octanol–water partition coefficient (Wildman–Crippen LogP) is 2.07. The molecule has 0 aliphatic carbocycles. The van der Waals surface area contributed by atoms with E-state index >= 15 is 0 Å². The van der Waals surface area contributed by atoms with Crippen molar-refractivity contribution >= 4 is 21.6 Å². The third kappa shape index (κ3) is 3.63. The fourth-order valence-electron chi connectivity index (χ4n) is 3.77. The Labute approximate surface area is 159 Å². The van der Waals surface area contributed by atoms with Gasteiger partial charge in [0.2, 0.25) is 15.9 Å². The lowest BCUT2D eigenvalue weighted by atomic mass is 10.0. The average Bonchev–Trinajstić information content (AvgIpc) is 3.13. The number of anilines is 1. The first-order chi connectivity index (χ1) is 12.9. The van der Waals surface area contributed by atoms with E-state index in [2.05, 4.69) is 10.0 Å². The summed E-state index contributed by atoms with van der Waals surface area (Å²) in [6, 6.07) is 11.1. The molecule has 0 unspecified atom stereocenters. The lowest BCUT2D eigenvalue weighted by Gasteiger charge is -2.29. The number of sulfonamides is 1. The molecule has 2 aromatic carbocycles. The Hall–Kier alpha value is -2.22. The molecule has 0 bridgehead atoms. The van der Waals surface area contributed by atoms with Crippen LogP contribution in [0.5, 0.6) is 0 Å². The lowest BCUT2D eigenvalue weighted by Crippen LogP contribution is -2.34. The van der Waals surface area contributed by atoms with E-state index in [1.165, 1.54) is 18.1 Å². The Morgan fingerprint density at radius 1 is 1.11 bits per heavy atom. The molecule has 2 aromatic rings. The Morgan fingerprint density at radius 2 is 1.89 bits per heavy atom. The molecular formula is C20H23N3O3S. The molecule has 6 nitrogen and oxygen atoms in total. The third-order valence-corrected chi connectivity index (χ3v) is 6.63. The number of amides is 1. The summed E-state index contributed by atoms with van der Waals surface area (Å²) in [5.41, 5.74) is 5.14. The average molecular weight is 385 g/mol. The zero-order valence-corrected chi connectivity index (χ0v) is 16.1. The van der Waals surface area contributed by atoms with Crippen LogP contribution in [0, 0.1) is 0 Å². The highest BCUT2D eigenvalue weighted by Crippen LogP contribution is 2.30. The van der Waals surface area contributed by atoms with E-state index in [9.17, 15) is 13.2 Å². The van der Waals surface area contributed by atoms with Gasteiger partial charge in [-0.05, 0) is 47.2 Å². The first-order valence-corrected chi connectivity index (χ1v) is 10.6. The van der Waals surface area contributed by atoms with Crippen LogP contribution in [0.25, 0.3) is 0 Å². The van der Waals surface area contributed by atoms with E-state index in [4.69, 9.17) is 0 Å². The molecule has 0 spiro atoms. The van der Waals surface area contributed by atoms with Crippen molar-refractivity contribution in [1.29, 1.82) is 0 Å². The second kappa shape index (κ2) is 7.07. The van der Waals surface area contributed by atoms with Crippen LogP contribution in [0.4, 0.5) is 5.69 Å². The Kier molecular flexibility index (Phi) is 4.75. The fraction of sp³-hybridized carbons (Fsp3) is 0.350. The largest absolute Gasteiger partial charge is 0.312 e. The quantitative estimate of drug-likeness (QED) is 0.845. The highest BCUT2D eigenvalue weighted by molar-refractivity contribution is 7.89. The molecule has 2 aliphatic rings. The van der Waals surface area contributed by atoms with E-state index in [1.54, 1.807) is 17.0 Å². The minimum atomic E-state index is -3.66. The molecule has 2 heterocycles. The lowest BCUT2D eigenvalue weighted by molar-refractivity contribution is -0.116. The van der Waals surface area contributed by atoms with Crippen molar-refractivity contribution < 1.29 is 13.2 Å². The molecule has 142 valence electrons. The third-order valence-electron chi connectivity index (χ3n) is 5.23. The number of hydrogen-bond acceptors (Lipinski definition) is 4. The van der Waals surface area contributed by atoms with Crippen LogP contribution in [0.2, 0.25) is 0 Å². The molecule has 0 aromatic heterocycles. The van der Waals surface area contributed by atoms with E-state index in [0.29, 0.717) is 12.2 Å². The molecule has 2 N–H and O–H groups in total. The molecule has 4 rings (SSSR count). The summed E-state index contributed by atoms with van der Waals surface area (Å²) in [6.45, 7) is 4.06. The molecule has 0 atom stereocenters. The molecule has 27 heavy (non-hydrogen) atoms. The van der Waals surface area contributed by atoms with Crippen LogP contribution < -0.4 is 14.9 Å². The van der Waals surface area contributed by atoms with Gasteiger partial charge in [0.1, 0.15) is 0 Å². The van der Waals surface area contributed by atoms with Gasteiger partial charge < -0.3 is 10.2 Å². The van der Waals surface area contributed by atoms with Gasteiger partial charge in [-0.25, -0.2) is 13.1 Å². The normalized spacial score (nSPS) is 16.1. The van der Waals surface area contributed by atoms with Gasteiger partial charge >= 0.3 is 0 Å². The van der Waals surface area contributed by atoms with Crippen LogP contribution in [-0.2, 0) is 40.9 Å². The van der Waals surface area contributed by atoms with Crippen LogP contribution in [0.1, 0.15) is 35.6 Å². The number of carbonyl (C=O) groups is 1. The van der Waals surface area contributed by atoms with Crippen molar-refractivity contribution in [1.82, 2.24) is 10.0 Å². The van der Waals surface area contributed by atoms with E-state index in [0.717, 1.165) is 37.1 Å². The summed E-state index contributed by atoms with van der Waals surface area (Å²) >= 11 is 0. The number of carbonyl (C=O) groups excluding carboxylic acids is 1. The maximum atomic E-state index is 12.8. The van der Waals surface area contributed by atoms with Gasteiger partial charge in [-0.2, -0.15) is 0 Å². The smallest absolute Gasteiger partial charge is 0.240 e. The first kappa shape index (κ1) is 18.2. The van der Waals surface area contributed by atoms with Gasteiger partial charge in [-0.3, -0.25) is 4.79 Å². The van der Waals surface area contributed by atoms with Crippen LogP contribution >= 0.6 is 0 Å². The molecule has 0 radical (unpaired) electrons. The number of benzene rings is 2. The van der Waals surface area contributed by atoms with Gasteiger partial charge in [-0.1, -0.05) is 24.3 Å². The van der Waals surface area contributed by atoms with Gasteiger partial charge in [-0.15, -0.1) is 0 Å². The molecule has 0 saturated heterocycles. The second-order valence-corrected chi connectivity index (χ2v) is 8.86. The summed E-state index contributed by atoms with van der Waals surface area (Å²) in [7, 11) is -3.66. The maximum Gasteiger partial charge on any atom is 0.240 e. The number of fused-ring (bicyclic) bond motifs is 2. The Morgan fingerprint density at radius 3 is 2.70 bits per heavy atom. The summed E-state index contributed by atoms with van der Waals surface area (Å²) in [4.78, 5) is 13.7. The van der Waals surface area contributed by atoms with Crippen molar-refractivity contribution in [3.8, 4) is 0 Å². The minimum Gasteiger partial charge on any atom is -0.312 e. The van der Waals surface area contributed by atoms with Gasteiger partial charge in [0.05, 0.1) is 4.90 Å². The van der Waals surface area contributed by atoms with Gasteiger partial charge in [0.15, 0.2) is 0 Å². The zero-order chi connectivity index (χ0) is 19.0. The van der Waals surface area contributed by atoms with Crippen molar-refractivity contribution in [2.75, 3.05) is 11.4 Å². The standard InChI is InChI=1S/C20H23N3O3S/c1-14(24)23-8-2-3-16-6-7-19(10-20(16)23)27(25,26)22-11-15-4-5-17-12-21-13-18(17)9-15/h4-7,9-10,21-22H,2-3,8,11-13H2,1H3. The van der Waals surface area contributed by atoms with Crippen LogP contribution in [0.15, 0.2) is 41.3 Å². The first-order valence-electron chi connectivity index (χ1n) is 9.16. The summed E-state index contributed by atoms with van der Waals surface area (Å²) in [5.74, 6) is -0.0646. The number of nitrogens with zero attached hydrogens (tertiary/aromatic N) is 1. The topological polar surface area (TPSA) is 78.5 Å². The SMILES string of the molecule is CC(=O)N1CCCc2ccc(S(=O)(=O)NCc3ccc4c(c3)CNC4)cc21. The molecular weight excluding hydrogens is 362 g/mol. The van der Waals surface area contributed by atoms with Crippen molar-refractivity contribution in [2.45, 2.75) is 44.3 Å². The molecule has 0 saturated carbocycles. The number of rotatable bonds is 4. The monoisotopic (exact) mass is 385 g/mol. The Balaban J connectivity index is 1.55. The fourth-order valence-corrected chi connectivity index (χ4v) is 4.81. The van der Waals surface area contributed by atoms with Crippen LogP contribution in [0.3, 0.4) is 0 Å². The molecule has 1 amide bonds. The molecule has 7 heteroatoms. The van der Waals surface area contributed by atoms with Gasteiger partial charge in [0, 0.05) is 38.8 Å². The van der Waals surface area contributed by atoms with Gasteiger partial charge in [0.25, 0.3) is 0 Å². The van der Waals surface area contributed by atoms with E-state index in [-0.39, 0.29) is 17.3 Å². The van der Waals surface area contributed by atoms with E-state index in [1.807, 2.05) is 24.3 Å². The van der Waals surface area contributed by atoms with Crippen molar-refractivity contribution in [3.63, 3.8) is 0 Å². The maximum absolute atomic E-state index is 12.8. The van der Waals surface area contributed by atoms with Crippen LogP contribution in [-0.4, -0.2) is 20.9 Å². The van der Waals surface area contributed by atoms with E-state index < -0.39 is 10.0 Å². The van der Waals surface area contributed by atoms with Crippen molar-refractivity contribution in [3.05, 3.63) is 58.7 Å². The summed E-state index contributed by atoms with van der Waals surface area (Å²) in [5, 5.41) is 3.28. The predicted molar refractivity (Wildman–Crippen MR) is 104 cm³/mol. The highest BCUT2D eigenvalue weighted by Gasteiger charge is 2.23. The summed E-state index contributed by atoms with van der Waals surface area (Å²) in [6.07, 6.45) is 1.75. The Bertz CT molecular complexity index is 1000. The zero-order valence-electron chi connectivity index (χ0n) is 15.3. The summed E-state index contributed by atoms with van der Waals surface area (Å²) < 4.78 is 28.2. The molecule has 2 aliphatic heterocycles. The second-order valence-electron chi connectivity index (χ2n) is 7.10. The number of nitrogens with one attached hydrogen (secondary N) is 2. The number of hydrogen-bond donors (Lipinski definition) is 2. The van der Waals surface area contributed by atoms with Crippen molar-refractivity contribution in [2.24, 2.45) is 0 Å². The highest BCUT2D eigenvalue weighted by atomic mass is 32.2. The minimum absolute atomic E-state index is 0.0646.